The molecule has 0 bridgehead atoms. The van der Waals surface area contributed by atoms with Gasteiger partial charge in [0, 0.05) is 13.1 Å². The molecule has 0 spiro atoms. The highest BCUT2D eigenvalue weighted by molar-refractivity contribution is 7.92. The van der Waals surface area contributed by atoms with Gasteiger partial charge < -0.3 is 4.74 Å². The van der Waals surface area contributed by atoms with Gasteiger partial charge in [-0.2, -0.15) is 0 Å². The monoisotopic (exact) mass is 447 g/mol. The Hall–Kier alpha value is -4.06. The third kappa shape index (κ3) is 4.59. The third-order valence-corrected chi connectivity index (χ3v) is 6.05. The smallest absolute Gasteiger partial charge is 0.318 e. The SMILES string of the molecule is CN(c1ccc(Oc2ccc([N+](=O)[O-])cc2[N+](=O)[O-])cc1)S(=O)(=O)c1ccc(F)cc1. The van der Waals surface area contributed by atoms with Gasteiger partial charge in [0.1, 0.15) is 11.6 Å². The van der Waals surface area contributed by atoms with Crippen LogP contribution in [0.25, 0.3) is 0 Å². The first-order valence-corrected chi connectivity index (χ1v) is 9.99. The lowest BCUT2D eigenvalue weighted by atomic mass is 10.2. The van der Waals surface area contributed by atoms with Crippen LogP contribution in [0.4, 0.5) is 21.5 Å². The Balaban J connectivity index is 1.84. The molecule has 0 radical (unpaired) electrons. The van der Waals surface area contributed by atoms with E-state index in [9.17, 15) is 33.0 Å². The standard InChI is InChI=1S/C19H14FN3O7S/c1-21(31(28,29)17-9-2-13(20)3-10-17)14-4-7-16(8-5-14)30-19-11-6-15(22(24)25)12-18(19)23(26)27/h2-12H,1H3. The molecule has 0 fully saturated rings. The van der Waals surface area contributed by atoms with Crippen molar-refractivity contribution in [1.82, 2.24) is 0 Å². The molecule has 31 heavy (non-hydrogen) atoms. The second-order valence-corrected chi connectivity index (χ2v) is 8.16. The zero-order valence-corrected chi connectivity index (χ0v) is 16.7. The summed E-state index contributed by atoms with van der Waals surface area (Å²) in [6, 6.07) is 12.9. The van der Waals surface area contributed by atoms with Gasteiger partial charge in [0.2, 0.25) is 5.75 Å². The van der Waals surface area contributed by atoms with Crippen LogP contribution < -0.4 is 9.04 Å². The molecule has 0 aliphatic carbocycles. The van der Waals surface area contributed by atoms with E-state index in [1.54, 1.807) is 0 Å². The molecule has 0 N–H and O–H groups in total. The summed E-state index contributed by atoms with van der Waals surface area (Å²) in [5.74, 6) is -0.632. The minimum Gasteiger partial charge on any atom is -0.450 e. The van der Waals surface area contributed by atoms with Crippen LogP contribution in [0.2, 0.25) is 0 Å². The molecule has 10 nitrogen and oxygen atoms in total. The highest BCUT2D eigenvalue weighted by atomic mass is 32.2. The molecule has 0 aliphatic rings. The zero-order valence-electron chi connectivity index (χ0n) is 15.8. The molecule has 0 unspecified atom stereocenters. The van der Waals surface area contributed by atoms with Gasteiger partial charge in [0.25, 0.3) is 15.7 Å². The molecule has 3 aromatic rings. The predicted octanol–water partition coefficient (Wildman–Crippen LogP) is 4.26. The van der Waals surface area contributed by atoms with Crippen LogP contribution >= 0.6 is 0 Å². The van der Waals surface area contributed by atoms with E-state index in [1.807, 2.05) is 0 Å². The lowest BCUT2D eigenvalue weighted by Gasteiger charge is -2.19. The molecule has 3 aromatic carbocycles. The summed E-state index contributed by atoms with van der Waals surface area (Å²) < 4.78 is 44.8. The lowest BCUT2D eigenvalue weighted by molar-refractivity contribution is -0.394. The van der Waals surface area contributed by atoms with Crippen LogP contribution in [-0.2, 0) is 10.0 Å². The number of anilines is 1. The molecular formula is C19H14FN3O7S. The van der Waals surface area contributed by atoms with E-state index in [0.717, 1.165) is 46.8 Å². The number of sulfonamides is 1. The maximum Gasteiger partial charge on any atom is 0.318 e. The van der Waals surface area contributed by atoms with Crippen LogP contribution in [0, 0.1) is 26.0 Å². The van der Waals surface area contributed by atoms with E-state index in [-0.39, 0.29) is 22.1 Å². The fourth-order valence-electron chi connectivity index (χ4n) is 2.60. The Morgan fingerprint density at radius 3 is 2.06 bits per heavy atom. The zero-order chi connectivity index (χ0) is 22.8. The van der Waals surface area contributed by atoms with Crippen molar-refractivity contribution in [3.05, 3.63) is 92.8 Å². The van der Waals surface area contributed by atoms with Crippen molar-refractivity contribution in [3.8, 4) is 11.5 Å². The molecular weight excluding hydrogens is 433 g/mol. The van der Waals surface area contributed by atoms with Crippen LogP contribution in [0.15, 0.2) is 71.6 Å². The number of hydrogen-bond donors (Lipinski definition) is 0. The topological polar surface area (TPSA) is 133 Å². The normalized spacial score (nSPS) is 11.0. The number of benzene rings is 3. The maximum atomic E-state index is 13.1. The third-order valence-electron chi connectivity index (χ3n) is 4.25. The Bertz CT molecular complexity index is 1250. The lowest BCUT2D eigenvalue weighted by Crippen LogP contribution is -2.26. The molecule has 0 saturated carbocycles. The molecule has 0 heterocycles. The molecule has 0 atom stereocenters. The number of non-ortho nitro benzene ring substituents is 1. The van der Waals surface area contributed by atoms with Crippen molar-refractivity contribution in [2.24, 2.45) is 0 Å². The summed E-state index contributed by atoms with van der Waals surface area (Å²) in [5.41, 5.74) is -0.786. The summed E-state index contributed by atoms with van der Waals surface area (Å²) in [6.45, 7) is 0. The summed E-state index contributed by atoms with van der Waals surface area (Å²) in [6.07, 6.45) is 0. The molecule has 3 rings (SSSR count). The van der Waals surface area contributed by atoms with E-state index < -0.39 is 37.1 Å². The molecule has 0 saturated heterocycles. The number of rotatable bonds is 7. The van der Waals surface area contributed by atoms with Crippen molar-refractivity contribution in [1.29, 1.82) is 0 Å². The van der Waals surface area contributed by atoms with E-state index in [1.165, 1.54) is 31.3 Å². The van der Waals surface area contributed by atoms with Gasteiger partial charge in [-0.1, -0.05) is 0 Å². The highest BCUT2D eigenvalue weighted by Gasteiger charge is 2.23. The second kappa shape index (κ2) is 8.36. The summed E-state index contributed by atoms with van der Waals surface area (Å²) in [7, 11) is -2.62. The van der Waals surface area contributed by atoms with Gasteiger partial charge in [-0.05, 0) is 54.6 Å². The number of ether oxygens (including phenoxy) is 1. The Labute approximate surface area is 175 Å². The van der Waals surface area contributed by atoms with Crippen LogP contribution in [0.1, 0.15) is 0 Å². The Morgan fingerprint density at radius 1 is 0.903 bits per heavy atom. The van der Waals surface area contributed by atoms with Gasteiger partial charge in [0.05, 0.1) is 26.5 Å². The van der Waals surface area contributed by atoms with Gasteiger partial charge in [-0.3, -0.25) is 24.5 Å². The molecule has 0 aliphatic heterocycles. The fraction of sp³-hybridized carbons (Fsp3) is 0.0526. The Kier molecular flexibility index (Phi) is 5.83. The van der Waals surface area contributed by atoms with Gasteiger partial charge in [0.15, 0.2) is 0 Å². The molecule has 0 aromatic heterocycles. The van der Waals surface area contributed by atoms with Crippen molar-refractivity contribution in [3.63, 3.8) is 0 Å². The van der Waals surface area contributed by atoms with E-state index in [4.69, 9.17) is 4.74 Å². The number of hydrogen-bond acceptors (Lipinski definition) is 7. The summed E-state index contributed by atoms with van der Waals surface area (Å²) in [4.78, 5) is 20.4. The van der Waals surface area contributed by atoms with Crippen LogP contribution in [-0.4, -0.2) is 25.3 Å². The van der Waals surface area contributed by atoms with E-state index in [0.29, 0.717) is 0 Å². The quantitative estimate of drug-likeness (QED) is 0.390. The predicted molar refractivity (Wildman–Crippen MR) is 108 cm³/mol. The summed E-state index contributed by atoms with van der Waals surface area (Å²) in [5, 5.41) is 22.0. The minimum atomic E-state index is -3.94. The molecule has 0 amide bonds. The number of nitro groups is 2. The van der Waals surface area contributed by atoms with Gasteiger partial charge in [-0.15, -0.1) is 0 Å². The fourth-order valence-corrected chi connectivity index (χ4v) is 3.80. The first-order valence-electron chi connectivity index (χ1n) is 8.55. The molecule has 12 heteroatoms. The van der Waals surface area contributed by atoms with Gasteiger partial charge in [-0.25, -0.2) is 12.8 Å². The highest BCUT2D eigenvalue weighted by Crippen LogP contribution is 2.35. The minimum absolute atomic E-state index is 0.0989. The second-order valence-electron chi connectivity index (χ2n) is 6.19. The molecule has 160 valence electrons. The largest absolute Gasteiger partial charge is 0.450 e. The van der Waals surface area contributed by atoms with Crippen LogP contribution in [0.5, 0.6) is 11.5 Å². The average molecular weight is 447 g/mol. The van der Waals surface area contributed by atoms with E-state index >= 15 is 0 Å². The maximum absolute atomic E-state index is 13.1. The number of nitro benzene ring substituents is 2. The van der Waals surface area contributed by atoms with Crippen molar-refractivity contribution in [2.45, 2.75) is 4.90 Å². The average Bonchev–Trinajstić information content (AvgIpc) is 2.74. The van der Waals surface area contributed by atoms with Crippen molar-refractivity contribution in [2.75, 3.05) is 11.4 Å². The van der Waals surface area contributed by atoms with Crippen molar-refractivity contribution < 1.29 is 27.4 Å². The van der Waals surface area contributed by atoms with Gasteiger partial charge >= 0.3 is 5.69 Å². The van der Waals surface area contributed by atoms with E-state index in [2.05, 4.69) is 0 Å². The first kappa shape index (κ1) is 21.6. The first-order chi connectivity index (χ1) is 14.6. The Morgan fingerprint density at radius 2 is 1.52 bits per heavy atom. The summed E-state index contributed by atoms with van der Waals surface area (Å²) >= 11 is 0. The number of nitrogens with zero attached hydrogens (tertiary/aromatic N) is 3. The van der Waals surface area contributed by atoms with Crippen molar-refractivity contribution >= 4 is 27.1 Å². The van der Waals surface area contributed by atoms with Crippen LogP contribution in [0.3, 0.4) is 0 Å². The number of halogens is 1.